The van der Waals surface area contributed by atoms with Gasteiger partial charge >= 0.3 is 0 Å². The molecular weight excluding hydrogens is 197 g/mol. The van der Waals surface area contributed by atoms with E-state index in [9.17, 15) is 4.39 Å². The summed E-state index contributed by atoms with van der Waals surface area (Å²) >= 11 is 1.64. The van der Waals surface area contributed by atoms with Crippen LogP contribution in [0.1, 0.15) is 0 Å². The fourth-order valence-corrected chi connectivity index (χ4v) is 1.74. The maximum atomic E-state index is 13.4. The van der Waals surface area contributed by atoms with E-state index in [0.717, 1.165) is 10.6 Å². The summed E-state index contributed by atoms with van der Waals surface area (Å²) in [5, 5.41) is 0. The van der Waals surface area contributed by atoms with Gasteiger partial charge in [-0.05, 0) is 24.5 Å². The molecule has 72 valence electrons. The highest BCUT2D eigenvalue weighted by Gasteiger charge is 2.05. The van der Waals surface area contributed by atoms with Crippen molar-refractivity contribution in [2.24, 2.45) is 0 Å². The Morgan fingerprint density at radius 3 is 2.71 bits per heavy atom. The number of halogens is 1. The molecule has 1 aromatic heterocycles. The van der Waals surface area contributed by atoms with E-state index < -0.39 is 0 Å². The van der Waals surface area contributed by atoms with Crippen molar-refractivity contribution in [2.75, 3.05) is 6.26 Å². The topological polar surface area (TPSA) is 15.8 Å². The monoisotopic (exact) mass is 207 g/mol. The van der Waals surface area contributed by atoms with Crippen molar-refractivity contribution >= 4 is 11.8 Å². The third-order valence-electron chi connectivity index (χ3n) is 2.06. The summed E-state index contributed by atoms with van der Waals surface area (Å²) < 4.78 is 13.4. The van der Waals surface area contributed by atoms with E-state index in [1.807, 2.05) is 24.6 Å². The Kier molecular flexibility index (Phi) is 2.59. The highest BCUT2D eigenvalue weighted by Crippen LogP contribution is 2.25. The summed E-state index contributed by atoms with van der Waals surface area (Å²) in [5.74, 6) is -0.193. The Labute approximate surface area is 86.4 Å². The maximum absolute atomic E-state index is 13.4. The lowest BCUT2D eigenvalue weighted by molar-refractivity contribution is 0.631. The number of hydrogen-bond acceptors (Lipinski definition) is 1. The van der Waals surface area contributed by atoms with E-state index in [4.69, 9.17) is 0 Å². The predicted octanol–water partition coefficient (Wildman–Crippen LogP) is 3.54. The van der Waals surface area contributed by atoms with Crippen molar-refractivity contribution in [1.29, 1.82) is 0 Å². The Balaban J connectivity index is 2.44. The molecule has 1 N–H and O–H groups in total. The van der Waals surface area contributed by atoms with Crippen LogP contribution in [0.25, 0.3) is 11.3 Å². The van der Waals surface area contributed by atoms with E-state index in [1.54, 1.807) is 23.9 Å². The second-order valence-electron chi connectivity index (χ2n) is 2.93. The first-order valence-corrected chi connectivity index (χ1v) is 5.51. The minimum atomic E-state index is -0.193. The molecule has 0 aliphatic rings. The van der Waals surface area contributed by atoms with Crippen LogP contribution in [0, 0.1) is 5.82 Å². The quantitative estimate of drug-likeness (QED) is 0.745. The summed E-state index contributed by atoms with van der Waals surface area (Å²) in [5.41, 5.74) is 1.44. The number of aromatic amines is 1. The molecule has 0 spiro atoms. The fourth-order valence-electron chi connectivity index (χ4n) is 1.33. The summed E-state index contributed by atoms with van der Waals surface area (Å²) in [7, 11) is 0. The average Bonchev–Trinajstić information content (AvgIpc) is 2.67. The van der Waals surface area contributed by atoms with E-state index in [0.29, 0.717) is 5.56 Å². The predicted molar refractivity (Wildman–Crippen MR) is 58.0 cm³/mol. The van der Waals surface area contributed by atoms with Crippen LogP contribution in [0.5, 0.6) is 0 Å². The standard InChI is InChI=1S/C11H10FNS/c1-14-8-6-11(13-7-8)9-4-2-3-5-10(9)12/h2-7,13H,1H3. The Bertz CT molecular complexity index is 436. The first kappa shape index (κ1) is 9.34. The van der Waals surface area contributed by atoms with E-state index in [1.165, 1.54) is 6.07 Å². The molecule has 14 heavy (non-hydrogen) atoms. The number of thioether (sulfide) groups is 1. The molecule has 0 saturated carbocycles. The van der Waals surface area contributed by atoms with Gasteiger partial charge in [0.2, 0.25) is 0 Å². The molecule has 2 aromatic rings. The molecule has 0 atom stereocenters. The van der Waals surface area contributed by atoms with Crippen molar-refractivity contribution in [1.82, 2.24) is 4.98 Å². The molecule has 2 rings (SSSR count). The van der Waals surface area contributed by atoms with Gasteiger partial charge < -0.3 is 4.98 Å². The number of hydrogen-bond donors (Lipinski definition) is 1. The van der Waals surface area contributed by atoms with Crippen molar-refractivity contribution in [3.63, 3.8) is 0 Å². The third-order valence-corrected chi connectivity index (χ3v) is 2.76. The molecule has 0 aliphatic carbocycles. The summed E-state index contributed by atoms with van der Waals surface area (Å²) in [6.07, 6.45) is 3.88. The van der Waals surface area contributed by atoms with Crippen LogP contribution in [0.3, 0.4) is 0 Å². The first-order chi connectivity index (χ1) is 6.81. The number of benzene rings is 1. The van der Waals surface area contributed by atoms with Gasteiger partial charge in [-0.15, -0.1) is 11.8 Å². The van der Waals surface area contributed by atoms with Crippen LogP contribution in [0.2, 0.25) is 0 Å². The van der Waals surface area contributed by atoms with Crippen LogP contribution < -0.4 is 0 Å². The van der Waals surface area contributed by atoms with E-state index in [-0.39, 0.29) is 5.82 Å². The van der Waals surface area contributed by atoms with Gasteiger partial charge in [-0.2, -0.15) is 0 Å². The van der Waals surface area contributed by atoms with Gasteiger partial charge in [-0.3, -0.25) is 0 Å². The third kappa shape index (κ3) is 1.68. The van der Waals surface area contributed by atoms with Gasteiger partial charge in [0.25, 0.3) is 0 Å². The van der Waals surface area contributed by atoms with Gasteiger partial charge in [0.1, 0.15) is 5.82 Å². The summed E-state index contributed by atoms with van der Waals surface area (Å²) in [4.78, 5) is 4.17. The highest BCUT2D eigenvalue weighted by atomic mass is 32.2. The van der Waals surface area contributed by atoms with Crippen molar-refractivity contribution in [2.45, 2.75) is 4.90 Å². The number of H-pyrrole nitrogens is 1. The van der Waals surface area contributed by atoms with Gasteiger partial charge in [0.15, 0.2) is 0 Å². The second kappa shape index (κ2) is 3.88. The molecule has 0 saturated heterocycles. The van der Waals surface area contributed by atoms with Crippen molar-refractivity contribution in [3.05, 3.63) is 42.3 Å². The summed E-state index contributed by atoms with van der Waals surface area (Å²) in [6.45, 7) is 0. The van der Waals surface area contributed by atoms with Crippen molar-refractivity contribution < 1.29 is 4.39 Å². The Morgan fingerprint density at radius 1 is 1.29 bits per heavy atom. The van der Waals surface area contributed by atoms with E-state index in [2.05, 4.69) is 4.98 Å². The van der Waals surface area contributed by atoms with Crippen LogP contribution in [0.4, 0.5) is 4.39 Å². The molecule has 0 bridgehead atoms. The zero-order chi connectivity index (χ0) is 9.97. The largest absolute Gasteiger partial charge is 0.360 e. The SMILES string of the molecule is CSc1c[nH]c(-c2ccccc2F)c1. The fraction of sp³-hybridized carbons (Fsp3) is 0.0909. The molecule has 0 unspecified atom stereocenters. The van der Waals surface area contributed by atoms with Crippen LogP contribution >= 0.6 is 11.8 Å². The molecule has 1 nitrogen and oxygen atoms in total. The van der Waals surface area contributed by atoms with Gasteiger partial charge in [-0.25, -0.2) is 4.39 Å². The van der Waals surface area contributed by atoms with Crippen LogP contribution in [0.15, 0.2) is 41.4 Å². The zero-order valence-corrected chi connectivity index (χ0v) is 8.57. The van der Waals surface area contributed by atoms with Gasteiger partial charge in [0, 0.05) is 22.3 Å². The Hall–Kier alpha value is -1.22. The smallest absolute Gasteiger partial charge is 0.132 e. The maximum Gasteiger partial charge on any atom is 0.132 e. The van der Waals surface area contributed by atoms with E-state index >= 15 is 0 Å². The lowest BCUT2D eigenvalue weighted by atomic mass is 10.1. The molecular formula is C11H10FNS. The minimum Gasteiger partial charge on any atom is -0.360 e. The second-order valence-corrected chi connectivity index (χ2v) is 3.81. The lowest BCUT2D eigenvalue weighted by Crippen LogP contribution is -1.81. The normalized spacial score (nSPS) is 10.4. The summed E-state index contributed by atoms with van der Waals surface area (Å²) in [6, 6.07) is 8.71. The Morgan fingerprint density at radius 2 is 2.07 bits per heavy atom. The van der Waals surface area contributed by atoms with Gasteiger partial charge in [0.05, 0.1) is 0 Å². The number of nitrogens with one attached hydrogen (secondary N) is 1. The molecule has 0 radical (unpaired) electrons. The average molecular weight is 207 g/mol. The van der Waals surface area contributed by atoms with Gasteiger partial charge in [-0.1, -0.05) is 12.1 Å². The number of aromatic nitrogens is 1. The molecule has 0 aliphatic heterocycles. The van der Waals surface area contributed by atoms with Crippen molar-refractivity contribution in [3.8, 4) is 11.3 Å². The highest BCUT2D eigenvalue weighted by molar-refractivity contribution is 7.98. The first-order valence-electron chi connectivity index (χ1n) is 4.28. The molecule has 3 heteroatoms. The number of rotatable bonds is 2. The molecule has 0 fully saturated rings. The lowest BCUT2D eigenvalue weighted by Gasteiger charge is -1.98. The molecule has 0 amide bonds. The zero-order valence-electron chi connectivity index (χ0n) is 7.75. The van der Waals surface area contributed by atoms with Crippen LogP contribution in [-0.4, -0.2) is 11.2 Å². The molecule has 1 heterocycles. The van der Waals surface area contributed by atoms with Crippen LogP contribution in [-0.2, 0) is 0 Å². The minimum absolute atomic E-state index is 0.193. The molecule has 1 aromatic carbocycles.